The van der Waals surface area contributed by atoms with Gasteiger partial charge in [-0.3, -0.25) is 0 Å². The van der Waals surface area contributed by atoms with E-state index in [-0.39, 0.29) is 22.9 Å². The van der Waals surface area contributed by atoms with Gasteiger partial charge < -0.3 is 4.74 Å². The van der Waals surface area contributed by atoms with Gasteiger partial charge in [0, 0.05) is 35.4 Å². The normalized spacial score (nSPS) is 15.1. The number of hydrogen-bond donors (Lipinski definition) is 0. The van der Waals surface area contributed by atoms with E-state index in [0.29, 0.717) is 40.7 Å². The van der Waals surface area contributed by atoms with Gasteiger partial charge in [-0.15, -0.1) is 0 Å². The largest absolute Gasteiger partial charge is 0.379 e. The molecule has 204 valence electrons. The fourth-order valence-corrected chi connectivity index (χ4v) is 6.95. The smallest absolute Gasteiger partial charge is 0.243 e. The topological polar surface area (TPSA) is 122 Å². The van der Waals surface area contributed by atoms with Crippen molar-refractivity contribution in [3.05, 3.63) is 101 Å². The highest BCUT2D eigenvalue weighted by molar-refractivity contribution is 7.95. The quantitative estimate of drug-likeness (QED) is 0.288. The van der Waals surface area contributed by atoms with Crippen molar-refractivity contribution >= 4 is 37.5 Å². The predicted octanol–water partition coefficient (Wildman–Crippen LogP) is 4.55. The Morgan fingerprint density at radius 2 is 1.62 bits per heavy atom. The summed E-state index contributed by atoms with van der Waals surface area (Å²) in [5, 5.41) is 14.9. The van der Waals surface area contributed by atoms with E-state index in [1.54, 1.807) is 29.1 Å². The average molecular weight is 595 g/mol. The Hall–Kier alpha value is -3.79. The molecule has 0 bridgehead atoms. The third-order valence-electron chi connectivity index (χ3n) is 6.29. The van der Waals surface area contributed by atoms with Crippen LogP contribution >= 0.6 is 11.6 Å². The van der Waals surface area contributed by atoms with Gasteiger partial charge >= 0.3 is 0 Å². The first-order chi connectivity index (χ1) is 19.2. The Bertz CT molecular complexity index is 1820. The number of aromatic nitrogens is 2. The van der Waals surface area contributed by atoms with Gasteiger partial charge in [0.15, 0.2) is 0 Å². The molecule has 0 saturated carbocycles. The number of halogens is 1. The molecular formula is C28H23ClN4O5S2. The van der Waals surface area contributed by atoms with Crippen molar-refractivity contribution in [2.75, 3.05) is 26.3 Å². The molecule has 0 unspecified atom stereocenters. The van der Waals surface area contributed by atoms with Crippen LogP contribution in [0.25, 0.3) is 23.0 Å². The van der Waals surface area contributed by atoms with E-state index >= 15 is 0 Å². The molecule has 0 amide bonds. The van der Waals surface area contributed by atoms with Gasteiger partial charge in [0.1, 0.15) is 16.7 Å². The fourth-order valence-electron chi connectivity index (χ4n) is 4.22. The van der Waals surface area contributed by atoms with Gasteiger partial charge in [-0.2, -0.15) is 14.7 Å². The second kappa shape index (κ2) is 11.4. The number of nitriles is 1. The maximum absolute atomic E-state index is 13.3. The lowest BCUT2D eigenvalue weighted by Crippen LogP contribution is -2.40. The second-order valence-corrected chi connectivity index (χ2v) is 13.1. The number of benzene rings is 3. The van der Waals surface area contributed by atoms with Gasteiger partial charge in [0.25, 0.3) is 0 Å². The van der Waals surface area contributed by atoms with E-state index in [0.717, 1.165) is 0 Å². The third-order valence-corrected chi connectivity index (χ3v) is 10.1. The highest BCUT2D eigenvalue weighted by Crippen LogP contribution is 2.31. The summed E-state index contributed by atoms with van der Waals surface area (Å²) in [6.45, 7) is 1.12. The standard InChI is InChI=1S/C28H23ClN4O5S2/c29-23-9-11-25(12-10-23)39(34,35)27(19-30)18-22-20-33(24-6-2-1-3-7-24)31-28(22)21-5-4-8-26(17-21)40(36,37)32-13-15-38-16-14-32/h1-12,17-18,20H,13-16H2. The number of ether oxygens (including phenoxy) is 1. The Morgan fingerprint density at radius 1 is 0.925 bits per heavy atom. The molecule has 0 radical (unpaired) electrons. The molecule has 1 saturated heterocycles. The highest BCUT2D eigenvalue weighted by atomic mass is 35.5. The number of rotatable bonds is 7. The molecule has 9 nitrogen and oxygen atoms in total. The van der Waals surface area contributed by atoms with Gasteiger partial charge in [-0.25, -0.2) is 21.5 Å². The maximum atomic E-state index is 13.3. The first-order valence-corrected chi connectivity index (χ1v) is 15.5. The Balaban J connectivity index is 1.64. The zero-order valence-corrected chi connectivity index (χ0v) is 23.4. The SMILES string of the molecule is N#CC(=Cc1cn(-c2ccccc2)nc1-c1cccc(S(=O)(=O)N2CCOCC2)c1)S(=O)(=O)c1ccc(Cl)cc1. The molecule has 40 heavy (non-hydrogen) atoms. The number of sulfone groups is 1. The zero-order chi connectivity index (χ0) is 28.3. The van der Waals surface area contributed by atoms with Crippen LogP contribution in [-0.4, -0.2) is 57.2 Å². The lowest BCUT2D eigenvalue weighted by molar-refractivity contribution is 0.0730. The van der Waals surface area contributed by atoms with Crippen molar-refractivity contribution in [3.63, 3.8) is 0 Å². The predicted molar refractivity (Wildman–Crippen MR) is 151 cm³/mol. The van der Waals surface area contributed by atoms with E-state index in [4.69, 9.17) is 16.3 Å². The number of para-hydroxylation sites is 1. The lowest BCUT2D eigenvalue weighted by atomic mass is 10.1. The van der Waals surface area contributed by atoms with Crippen LogP contribution in [0.15, 0.2) is 99.8 Å². The summed E-state index contributed by atoms with van der Waals surface area (Å²) in [6.07, 6.45) is 2.84. The highest BCUT2D eigenvalue weighted by Gasteiger charge is 2.27. The Morgan fingerprint density at radius 3 is 2.30 bits per heavy atom. The summed E-state index contributed by atoms with van der Waals surface area (Å²) < 4.78 is 61.5. The monoisotopic (exact) mass is 594 g/mol. The third kappa shape index (κ3) is 5.58. The van der Waals surface area contributed by atoms with Crippen molar-refractivity contribution in [2.24, 2.45) is 0 Å². The zero-order valence-electron chi connectivity index (χ0n) is 21.0. The van der Waals surface area contributed by atoms with E-state index < -0.39 is 24.8 Å². The van der Waals surface area contributed by atoms with Crippen molar-refractivity contribution in [3.8, 4) is 23.0 Å². The van der Waals surface area contributed by atoms with E-state index in [1.807, 2.05) is 30.3 Å². The minimum absolute atomic E-state index is 0.0744. The van der Waals surface area contributed by atoms with Crippen molar-refractivity contribution in [2.45, 2.75) is 9.79 Å². The van der Waals surface area contributed by atoms with Crippen LogP contribution < -0.4 is 0 Å². The van der Waals surface area contributed by atoms with E-state index in [1.165, 1.54) is 46.8 Å². The van der Waals surface area contributed by atoms with E-state index in [9.17, 15) is 22.1 Å². The fraction of sp³-hybridized carbons (Fsp3) is 0.143. The molecule has 1 aromatic heterocycles. The second-order valence-electron chi connectivity index (χ2n) is 8.84. The first-order valence-electron chi connectivity index (χ1n) is 12.2. The summed E-state index contributed by atoms with van der Waals surface area (Å²) in [6, 6.07) is 22.8. The lowest BCUT2D eigenvalue weighted by Gasteiger charge is -2.26. The molecule has 12 heteroatoms. The van der Waals surface area contributed by atoms with Crippen LogP contribution in [0.2, 0.25) is 5.02 Å². The minimum atomic E-state index is -4.18. The van der Waals surface area contributed by atoms with Crippen molar-refractivity contribution in [1.29, 1.82) is 5.26 Å². The Labute approximate surface area is 237 Å². The van der Waals surface area contributed by atoms with Gasteiger partial charge in [-0.05, 0) is 54.6 Å². The molecule has 4 aromatic rings. The molecule has 0 N–H and O–H groups in total. The molecule has 3 aromatic carbocycles. The summed E-state index contributed by atoms with van der Waals surface area (Å²) in [5.74, 6) is 0. The van der Waals surface area contributed by atoms with Crippen LogP contribution in [0.4, 0.5) is 0 Å². The molecule has 1 aliphatic heterocycles. The molecule has 0 aliphatic carbocycles. The summed E-state index contributed by atoms with van der Waals surface area (Å²) in [5.41, 5.74) is 1.76. The van der Waals surface area contributed by atoms with Crippen LogP contribution in [0.3, 0.4) is 0 Å². The number of morpholine rings is 1. The van der Waals surface area contributed by atoms with E-state index in [2.05, 4.69) is 5.10 Å². The molecular weight excluding hydrogens is 572 g/mol. The van der Waals surface area contributed by atoms with Crippen LogP contribution in [0.1, 0.15) is 5.56 Å². The minimum Gasteiger partial charge on any atom is -0.379 e. The molecule has 2 heterocycles. The summed E-state index contributed by atoms with van der Waals surface area (Å²) in [7, 11) is -7.97. The van der Waals surface area contributed by atoms with Crippen LogP contribution in [0, 0.1) is 11.3 Å². The van der Waals surface area contributed by atoms with Crippen molar-refractivity contribution < 1.29 is 21.6 Å². The summed E-state index contributed by atoms with van der Waals surface area (Å²) >= 11 is 5.91. The maximum Gasteiger partial charge on any atom is 0.243 e. The number of nitrogens with zero attached hydrogens (tertiary/aromatic N) is 4. The van der Waals surface area contributed by atoms with Gasteiger partial charge in [-0.1, -0.05) is 41.9 Å². The summed E-state index contributed by atoms with van der Waals surface area (Å²) in [4.78, 5) is -0.508. The molecule has 1 aliphatic rings. The van der Waals surface area contributed by atoms with Gasteiger partial charge in [0.05, 0.1) is 28.7 Å². The average Bonchev–Trinajstić information content (AvgIpc) is 3.41. The molecule has 0 atom stereocenters. The molecule has 1 fully saturated rings. The van der Waals surface area contributed by atoms with Gasteiger partial charge in [0.2, 0.25) is 19.9 Å². The Kier molecular flexibility index (Phi) is 7.89. The van der Waals surface area contributed by atoms with Crippen molar-refractivity contribution in [1.82, 2.24) is 14.1 Å². The van der Waals surface area contributed by atoms with Crippen LogP contribution in [-0.2, 0) is 24.6 Å². The molecule has 5 rings (SSSR count). The van der Waals surface area contributed by atoms with Crippen LogP contribution in [0.5, 0.6) is 0 Å². The molecule has 0 spiro atoms. The number of allylic oxidation sites excluding steroid dienone is 1. The number of hydrogen-bond acceptors (Lipinski definition) is 7. The first kappa shape index (κ1) is 27.8. The number of sulfonamides is 1.